The van der Waals surface area contributed by atoms with Gasteiger partial charge in [0.05, 0.1) is 11.1 Å². The van der Waals surface area contributed by atoms with E-state index in [9.17, 15) is 0 Å². The number of hydrogen-bond donors (Lipinski definition) is 0. The molecule has 2 aromatic rings. The van der Waals surface area contributed by atoms with Crippen LogP contribution in [0.2, 0.25) is 0 Å². The van der Waals surface area contributed by atoms with Crippen LogP contribution < -0.4 is 0 Å². The highest BCUT2D eigenvalue weighted by Crippen LogP contribution is 2.21. The molecule has 1 aromatic carbocycles. The number of rotatable bonds is 2. The predicted octanol–water partition coefficient (Wildman–Crippen LogP) is 2.40. The van der Waals surface area contributed by atoms with Crippen molar-refractivity contribution < 1.29 is 0 Å². The lowest BCUT2D eigenvalue weighted by Crippen LogP contribution is -1.89. The summed E-state index contributed by atoms with van der Waals surface area (Å²) < 4.78 is 1.75. The molecule has 0 saturated carbocycles. The average Bonchev–Trinajstić information content (AvgIpc) is 2.58. The molecular formula is C12H13N3. The fraction of sp³-hybridized carbons (Fsp3) is 0.333. The molecular weight excluding hydrogens is 186 g/mol. The molecule has 0 aliphatic heterocycles. The third kappa shape index (κ3) is 1.59. The van der Waals surface area contributed by atoms with Gasteiger partial charge < -0.3 is 0 Å². The fourth-order valence-corrected chi connectivity index (χ4v) is 1.87. The SMILES string of the molecule is CCCc1ccc2nn(C)cc2c1C#N. The minimum absolute atomic E-state index is 0.780. The molecule has 2 rings (SSSR count). The Morgan fingerprint density at radius 2 is 2.27 bits per heavy atom. The molecule has 0 bridgehead atoms. The number of aromatic nitrogens is 2. The Kier molecular flexibility index (Phi) is 2.42. The summed E-state index contributed by atoms with van der Waals surface area (Å²) >= 11 is 0. The molecule has 0 radical (unpaired) electrons. The second-order valence-corrected chi connectivity index (χ2v) is 3.70. The van der Waals surface area contributed by atoms with E-state index in [1.807, 2.05) is 25.4 Å². The number of nitriles is 1. The molecule has 3 nitrogen and oxygen atoms in total. The van der Waals surface area contributed by atoms with Crippen LogP contribution in [-0.2, 0) is 13.5 Å². The van der Waals surface area contributed by atoms with Gasteiger partial charge in [-0.25, -0.2) is 0 Å². The maximum absolute atomic E-state index is 9.17. The van der Waals surface area contributed by atoms with Crippen molar-refractivity contribution >= 4 is 10.9 Å². The zero-order valence-electron chi connectivity index (χ0n) is 8.99. The predicted molar refractivity (Wildman–Crippen MR) is 59.4 cm³/mol. The van der Waals surface area contributed by atoms with Crippen molar-refractivity contribution in [2.75, 3.05) is 0 Å². The van der Waals surface area contributed by atoms with Crippen LogP contribution in [0.3, 0.4) is 0 Å². The zero-order chi connectivity index (χ0) is 10.8. The Balaban J connectivity index is 2.70. The quantitative estimate of drug-likeness (QED) is 0.745. The van der Waals surface area contributed by atoms with Crippen LogP contribution >= 0.6 is 0 Å². The molecule has 15 heavy (non-hydrogen) atoms. The van der Waals surface area contributed by atoms with E-state index in [1.165, 1.54) is 0 Å². The van der Waals surface area contributed by atoms with Crippen molar-refractivity contribution in [3.05, 3.63) is 29.5 Å². The Bertz CT molecular complexity index is 532. The first-order chi connectivity index (χ1) is 7.26. The van der Waals surface area contributed by atoms with Crippen LogP contribution in [0.15, 0.2) is 18.3 Å². The number of nitrogens with zero attached hydrogens (tertiary/aromatic N) is 3. The first-order valence-corrected chi connectivity index (χ1v) is 5.11. The van der Waals surface area contributed by atoms with Gasteiger partial charge in [-0.3, -0.25) is 4.68 Å². The van der Waals surface area contributed by atoms with Crippen LogP contribution in [0.5, 0.6) is 0 Å². The molecule has 0 saturated heterocycles. The average molecular weight is 199 g/mol. The largest absolute Gasteiger partial charge is 0.275 e. The van der Waals surface area contributed by atoms with Gasteiger partial charge in [-0.2, -0.15) is 10.4 Å². The third-order valence-electron chi connectivity index (χ3n) is 2.52. The summed E-state index contributed by atoms with van der Waals surface area (Å²) in [7, 11) is 1.88. The first kappa shape index (κ1) is 9.72. The Morgan fingerprint density at radius 3 is 2.93 bits per heavy atom. The molecule has 1 aromatic heterocycles. The Morgan fingerprint density at radius 1 is 1.47 bits per heavy atom. The highest BCUT2D eigenvalue weighted by atomic mass is 15.2. The number of benzene rings is 1. The standard InChI is InChI=1S/C12H13N3/c1-3-4-9-5-6-12-11(10(9)7-13)8-15(2)14-12/h5-6,8H,3-4H2,1-2H3. The first-order valence-electron chi connectivity index (χ1n) is 5.11. The van der Waals surface area contributed by atoms with Gasteiger partial charge in [0, 0.05) is 18.6 Å². The third-order valence-corrected chi connectivity index (χ3v) is 2.52. The van der Waals surface area contributed by atoms with Gasteiger partial charge in [-0.05, 0) is 18.1 Å². The lowest BCUT2D eigenvalue weighted by molar-refractivity contribution is 0.780. The van der Waals surface area contributed by atoms with Crippen LogP contribution in [0.1, 0.15) is 24.5 Å². The zero-order valence-corrected chi connectivity index (χ0v) is 8.99. The van der Waals surface area contributed by atoms with Crippen molar-refractivity contribution in [2.24, 2.45) is 7.05 Å². The summed E-state index contributed by atoms with van der Waals surface area (Å²) in [5.74, 6) is 0. The summed E-state index contributed by atoms with van der Waals surface area (Å²) in [6.07, 6.45) is 3.92. The molecule has 76 valence electrons. The summed E-state index contributed by atoms with van der Waals surface area (Å²) in [6, 6.07) is 6.28. The fourth-order valence-electron chi connectivity index (χ4n) is 1.87. The van der Waals surface area contributed by atoms with Crippen molar-refractivity contribution in [3.8, 4) is 6.07 Å². The van der Waals surface area contributed by atoms with E-state index in [0.29, 0.717) is 0 Å². The minimum atomic E-state index is 0.780. The van der Waals surface area contributed by atoms with Gasteiger partial charge in [-0.15, -0.1) is 0 Å². The maximum Gasteiger partial charge on any atom is 0.100 e. The molecule has 0 atom stereocenters. The van der Waals surface area contributed by atoms with Crippen LogP contribution in [-0.4, -0.2) is 9.78 Å². The Hall–Kier alpha value is -1.82. The van der Waals surface area contributed by atoms with Gasteiger partial charge in [0.15, 0.2) is 0 Å². The smallest absolute Gasteiger partial charge is 0.100 e. The monoisotopic (exact) mass is 199 g/mol. The summed E-state index contributed by atoms with van der Waals surface area (Å²) in [5.41, 5.74) is 2.80. The molecule has 0 N–H and O–H groups in total. The number of hydrogen-bond acceptors (Lipinski definition) is 2. The van der Waals surface area contributed by atoms with Gasteiger partial charge in [0.2, 0.25) is 0 Å². The highest BCUT2D eigenvalue weighted by Gasteiger charge is 2.08. The van der Waals surface area contributed by atoms with E-state index in [2.05, 4.69) is 18.1 Å². The molecule has 0 spiro atoms. The highest BCUT2D eigenvalue weighted by molar-refractivity contribution is 5.85. The molecule has 0 amide bonds. The van der Waals surface area contributed by atoms with E-state index >= 15 is 0 Å². The van der Waals surface area contributed by atoms with Crippen molar-refractivity contribution in [2.45, 2.75) is 19.8 Å². The molecule has 0 unspecified atom stereocenters. The van der Waals surface area contributed by atoms with Gasteiger partial charge >= 0.3 is 0 Å². The van der Waals surface area contributed by atoms with E-state index in [1.54, 1.807) is 4.68 Å². The lowest BCUT2D eigenvalue weighted by atomic mass is 10.0. The second-order valence-electron chi connectivity index (χ2n) is 3.70. The molecule has 1 heterocycles. The second kappa shape index (κ2) is 3.74. The summed E-state index contributed by atoms with van der Waals surface area (Å²) in [6.45, 7) is 2.12. The van der Waals surface area contributed by atoms with Gasteiger partial charge in [0.1, 0.15) is 6.07 Å². The normalized spacial score (nSPS) is 10.5. The number of aryl methyl sites for hydroxylation is 2. The van der Waals surface area contributed by atoms with Crippen molar-refractivity contribution in [1.82, 2.24) is 9.78 Å². The van der Waals surface area contributed by atoms with Crippen LogP contribution in [0, 0.1) is 11.3 Å². The van der Waals surface area contributed by atoms with Crippen LogP contribution in [0.4, 0.5) is 0 Å². The van der Waals surface area contributed by atoms with Crippen molar-refractivity contribution in [1.29, 1.82) is 5.26 Å². The van der Waals surface area contributed by atoms with Crippen molar-refractivity contribution in [3.63, 3.8) is 0 Å². The molecule has 0 aliphatic rings. The maximum atomic E-state index is 9.17. The van der Waals surface area contributed by atoms with Crippen LogP contribution in [0.25, 0.3) is 10.9 Å². The summed E-state index contributed by atoms with van der Waals surface area (Å²) in [5, 5.41) is 14.4. The molecule has 0 aliphatic carbocycles. The van der Waals surface area contributed by atoms with Gasteiger partial charge in [0.25, 0.3) is 0 Å². The topological polar surface area (TPSA) is 41.6 Å². The van der Waals surface area contributed by atoms with E-state index in [-0.39, 0.29) is 0 Å². The molecule has 3 heteroatoms. The van der Waals surface area contributed by atoms with E-state index in [4.69, 9.17) is 5.26 Å². The Labute approximate surface area is 88.9 Å². The van der Waals surface area contributed by atoms with E-state index < -0.39 is 0 Å². The summed E-state index contributed by atoms with van der Waals surface area (Å²) in [4.78, 5) is 0. The molecule has 0 fully saturated rings. The van der Waals surface area contributed by atoms with Gasteiger partial charge in [-0.1, -0.05) is 19.4 Å². The number of fused-ring (bicyclic) bond motifs is 1. The minimum Gasteiger partial charge on any atom is -0.275 e. The lowest BCUT2D eigenvalue weighted by Gasteiger charge is -2.01. The van der Waals surface area contributed by atoms with E-state index in [0.717, 1.165) is 34.9 Å².